The molecule has 0 radical (unpaired) electrons. The Labute approximate surface area is 118 Å². The SMILES string of the molecule is CC(C)=CCC/C(C)=C/C=C/C(C)=C/CS(C)(=O)=O. The lowest BCUT2D eigenvalue weighted by Gasteiger charge is -1.97. The van der Waals surface area contributed by atoms with Gasteiger partial charge >= 0.3 is 0 Å². The molecule has 0 bridgehead atoms. The predicted octanol–water partition coefficient (Wildman–Crippen LogP) is 4.23. The lowest BCUT2D eigenvalue weighted by molar-refractivity contribution is 0.604. The highest BCUT2D eigenvalue weighted by molar-refractivity contribution is 7.90. The van der Waals surface area contributed by atoms with Gasteiger partial charge in [0.05, 0.1) is 5.75 Å². The van der Waals surface area contributed by atoms with Gasteiger partial charge in [0.15, 0.2) is 9.84 Å². The maximum absolute atomic E-state index is 11.0. The third-order valence-corrected chi connectivity index (χ3v) is 3.31. The second-order valence-electron chi connectivity index (χ2n) is 5.23. The maximum Gasteiger partial charge on any atom is 0.151 e. The van der Waals surface area contributed by atoms with Gasteiger partial charge in [-0.1, -0.05) is 47.1 Å². The number of allylic oxidation sites excluding steroid dienone is 7. The summed E-state index contributed by atoms with van der Waals surface area (Å²) in [5.41, 5.74) is 3.64. The van der Waals surface area contributed by atoms with Crippen molar-refractivity contribution in [1.29, 1.82) is 0 Å². The average Bonchev–Trinajstić information content (AvgIpc) is 2.25. The average molecular weight is 282 g/mol. The van der Waals surface area contributed by atoms with E-state index in [2.05, 4.69) is 32.9 Å². The highest BCUT2D eigenvalue weighted by atomic mass is 32.2. The normalized spacial score (nSPS) is 13.9. The van der Waals surface area contributed by atoms with Gasteiger partial charge < -0.3 is 0 Å². The zero-order chi connectivity index (χ0) is 14.9. The number of hydrogen-bond acceptors (Lipinski definition) is 2. The van der Waals surface area contributed by atoms with Crippen LogP contribution in [-0.2, 0) is 9.84 Å². The van der Waals surface area contributed by atoms with Crippen LogP contribution in [0.1, 0.15) is 40.5 Å². The molecule has 3 heteroatoms. The molecule has 0 aromatic carbocycles. The zero-order valence-corrected chi connectivity index (χ0v) is 13.5. The molecular formula is C16H26O2S. The molecule has 19 heavy (non-hydrogen) atoms. The summed E-state index contributed by atoms with van der Waals surface area (Å²) in [7, 11) is -2.91. The van der Waals surface area contributed by atoms with Crippen molar-refractivity contribution < 1.29 is 8.42 Å². The first kappa shape index (κ1) is 17.9. The Hall–Kier alpha value is -1.09. The van der Waals surface area contributed by atoms with Crippen LogP contribution in [0, 0.1) is 0 Å². The minimum Gasteiger partial charge on any atom is -0.229 e. The predicted molar refractivity (Wildman–Crippen MR) is 85.0 cm³/mol. The Bertz CT molecular complexity index is 485. The molecule has 0 amide bonds. The number of sulfone groups is 1. The third-order valence-electron chi connectivity index (χ3n) is 2.54. The molecule has 0 atom stereocenters. The van der Waals surface area contributed by atoms with E-state index >= 15 is 0 Å². The summed E-state index contributed by atoms with van der Waals surface area (Å²) in [6.45, 7) is 8.23. The van der Waals surface area contributed by atoms with E-state index in [0.717, 1.165) is 18.4 Å². The van der Waals surface area contributed by atoms with Gasteiger partial charge in [-0.25, -0.2) is 8.42 Å². The fourth-order valence-electron chi connectivity index (χ4n) is 1.39. The summed E-state index contributed by atoms with van der Waals surface area (Å²) < 4.78 is 22.0. The van der Waals surface area contributed by atoms with Crippen molar-refractivity contribution in [3.05, 3.63) is 47.1 Å². The van der Waals surface area contributed by atoms with E-state index in [0.29, 0.717) is 0 Å². The zero-order valence-electron chi connectivity index (χ0n) is 12.7. The maximum atomic E-state index is 11.0. The molecule has 0 N–H and O–H groups in total. The highest BCUT2D eigenvalue weighted by Gasteiger charge is 1.96. The molecule has 108 valence electrons. The lowest BCUT2D eigenvalue weighted by Crippen LogP contribution is -1.99. The fourth-order valence-corrected chi connectivity index (χ4v) is 1.95. The van der Waals surface area contributed by atoms with E-state index in [1.54, 1.807) is 6.08 Å². The van der Waals surface area contributed by atoms with E-state index in [4.69, 9.17) is 0 Å². The molecule has 0 aliphatic heterocycles. The standard InChI is InChI=1S/C16H26O2S/c1-14(2)8-6-9-15(3)10-7-11-16(4)12-13-19(5,17)18/h7-8,10-12H,6,9,13H2,1-5H3/b11-7+,15-10+,16-12+. The highest BCUT2D eigenvalue weighted by Crippen LogP contribution is 2.07. The third kappa shape index (κ3) is 13.1. The molecular weight excluding hydrogens is 256 g/mol. The minimum absolute atomic E-state index is 0.104. The quantitative estimate of drug-likeness (QED) is 0.517. The van der Waals surface area contributed by atoms with Crippen molar-refractivity contribution in [1.82, 2.24) is 0 Å². The van der Waals surface area contributed by atoms with Gasteiger partial charge in [0, 0.05) is 6.26 Å². The van der Waals surface area contributed by atoms with Gasteiger partial charge in [0.1, 0.15) is 0 Å². The Morgan fingerprint density at radius 2 is 1.68 bits per heavy atom. The van der Waals surface area contributed by atoms with Gasteiger partial charge in [0.25, 0.3) is 0 Å². The summed E-state index contributed by atoms with van der Waals surface area (Å²) in [6, 6.07) is 0. The molecule has 0 unspecified atom stereocenters. The van der Waals surface area contributed by atoms with Crippen LogP contribution in [-0.4, -0.2) is 20.4 Å². The van der Waals surface area contributed by atoms with Gasteiger partial charge in [-0.05, 0) is 40.5 Å². The van der Waals surface area contributed by atoms with Crippen LogP contribution in [0.3, 0.4) is 0 Å². The molecule has 2 nitrogen and oxygen atoms in total. The van der Waals surface area contributed by atoms with Crippen molar-refractivity contribution >= 4 is 9.84 Å². The smallest absolute Gasteiger partial charge is 0.151 e. The molecule has 0 saturated carbocycles. The molecule has 0 rings (SSSR count). The van der Waals surface area contributed by atoms with Crippen LogP contribution in [0.2, 0.25) is 0 Å². The molecule has 0 aromatic rings. The van der Waals surface area contributed by atoms with Crippen molar-refractivity contribution in [2.75, 3.05) is 12.0 Å². The molecule has 0 heterocycles. The van der Waals surface area contributed by atoms with Crippen molar-refractivity contribution in [2.45, 2.75) is 40.5 Å². The van der Waals surface area contributed by atoms with Gasteiger partial charge in [-0.3, -0.25) is 0 Å². The Morgan fingerprint density at radius 1 is 1.05 bits per heavy atom. The Balaban J connectivity index is 4.29. The van der Waals surface area contributed by atoms with E-state index < -0.39 is 9.84 Å². The van der Waals surface area contributed by atoms with E-state index in [-0.39, 0.29) is 5.75 Å². The summed E-state index contributed by atoms with van der Waals surface area (Å²) in [4.78, 5) is 0. The second-order valence-corrected chi connectivity index (χ2v) is 7.42. The number of hydrogen-bond donors (Lipinski definition) is 0. The molecule has 0 spiro atoms. The van der Waals surface area contributed by atoms with Gasteiger partial charge in [0.2, 0.25) is 0 Å². The molecule has 0 saturated heterocycles. The molecule has 0 aromatic heterocycles. The van der Waals surface area contributed by atoms with Gasteiger partial charge in [-0.15, -0.1) is 0 Å². The summed E-state index contributed by atoms with van der Waals surface area (Å²) in [5, 5.41) is 0. The molecule has 0 aliphatic carbocycles. The van der Waals surface area contributed by atoms with Crippen LogP contribution < -0.4 is 0 Å². The molecule has 0 fully saturated rings. The van der Waals surface area contributed by atoms with E-state index in [1.807, 2.05) is 19.1 Å². The fraction of sp³-hybridized carbons (Fsp3) is 0.500. The minimum atomic E-state index is -2.91. The second kappa shape index (κ2) is 8.92. The Morgan fingerprint density at radius 3 is 2.21 bits per heavy atom. The van der Waals surface area contributed by atoms with E-state index in [1.165, 1.54) is 17.4 Å². The first-order valence-electron chi connectivity index (χ1n) is 6.52. The monoisotopic (exact) mass is 282 g/mol. The van der Waals surface area contributed by atoms with Crippen molar-refractivity contribution in [2.24, 2.45) is 0 Å². The van der Waals surface area contributed by atoms with Gasteiger partial charge in [-0.2, -0.15) is 0 Å². The van der Waals surface area contributed by atoms with Crippen LogP contribution in [0.15, 0.2) is 47.1 Å². The van der Waals surface area contributed by atoms with Crippen LogP contribution in [0.25, 0.3) is 0 Å². The number of rotatable bonds is 7. The lowest BCUT2D eigenvalue weighted by atomic mass is 10.1. The topological polar surface area (TPSA) is 34.1 Å². The van der Waals surface area contributed by atoms with Crippen molar-refractivity contribution in [3.8, 4) is 0 Å². The summed E-state index contributed by atoms with van der Waals surface area (Å²) in [6.07, 6.45) is 13.3. The van der Waals surface area contributed by atoms with Crippen molar-refractivity contribution in [3.63, 3.8) is 0 Å². The first-order valence-corrected chi connectivity index (χ1v) is 8.58. The van der Waals surface area contributed by atoms with Crippen LogP contribution in [0.5, 0.6) is 0 Å². The Kier molecular flexibility index (Phi) is 8.41. The van der Waals surface area contributed by atoms with Crippen LogP contribution >= 0.6 is 0 Å². The summed E-state index contributed by atoms with van der Waals surface area (Å²) in [5.74, 6) is 0.104. The van der Waals surface area contributed by atoms with Crippen LogP contribution in [0.4, 0.5) is 0 Å². The summed E-state index contributed by atoms with van der Waals surface area (Å²) >= 11 is 0. The van der Waals surface area contributed by atoms with E-state index in [9.17, 15) is 8.42 Å². The molecule has 0 aliphatic rings. The largest absolute Gasteiger partial charge is 0.229 e. The first-order chi connectivity index (χ1) is 8.70.